The van der Waals surface area contributed by atoms with Crippen LogP contribution in [0.2, 0.25) is 0 Å². The molecule has 1 aliphatic heterocycles. The van der Waals surface area contributed by atoms with E-state index in [0.29, 0.717) is 5.56 Å². The largest absolute Gasteiger partial charge is 0.481 e. The van der Waals surface area contributed by atoms with E-state index in [1.54, 1.807) is 6.20 Å². The van der Waals surface area contributed by atoms with Crippen LogP contribution in [0.4, 0.5) is 0 Å². The lowest BCUT2D eigenvalue weighted by atomic mass is 10.0. The van der Waals surface area contributed by atoms with Crippen LogP contribution >= 0.6 is 11.8 Å². The van der Waals surface area contributed by atoms with E-state index in [2.05, 4.69) is 36.6 Å². The van der Waals surface area contributed by atoms with E-state index < -0.39 is 78.6 Å². The number of hydrogen-bond acceptors (Lipinski definition) is 9. The number of H-pyrrole nitrogens is 1. The molecule has 0 spiro atoms. The van der Waals surface area contributed by atoms with Gasteiger partial charge in [-0.2, -0.15) is 0 Å². The SMILES string of the molecule is NC(N)=NCCC[C@@H]1NC(=O)[C@@H](Cc2c[nH]c3ccccc23)NC(=O)CSC[C@@H](C(=O)O)NC(=O)[C@H](CC(=O)O)NC(=O)CNC1=O. The second-order valence-corrected chi connectivity index (χ2v) is 11.6. The Labute approximate surface area is 272 Å². The van der Waals surface area contributed by atoms with E-state index in [4.69, 9.17) is 11.5 Å². The Bertz CT molecular complexity index is 1530. The molecule has 254 valence electrons. The van der Waals surface area contributed by atoms with Gasteiger partial charge in [0.1, 0.15) is 24.2 Å². The second-order valence-electron chi connectivity index (χ2n) is 10.5. The first-order valence-corrected chi connectivity index (χ1v) is 15.6. The van der Waals surface area contributed by atoms with Crippen molar-refractivity contribution in [2.45, 2.75) is 49.9 Å². The fraction of sp³-hybridized carbons (Fsp3) is 0.429. The number of nitrogens with one attached hydrogen (secondary N) is 6. The number of fused-ring (bicyclic) bond motifs is 1. The van der Waals surface area contributed by atoms with Crippen LogP contribution in [-0.4, -0.2) is 111 Å². The van der Waals surface area contributed by atoms with E-state index in [0.717, 1.165) is 22.7 Å². The first-order chi connectivity index (χ1) is 22.3. The number of hydrogen-bond donors (Lipinski definition) is 10. The first kappa shape index (κ1) is 36.1. The standard InChI is InChI=1S/C28H37N9O9S/c29-28(30)31-7-3-6-17-24(42)33-11-21(38)34-19(9-23(40)41)26(44)37-20(27(45)46)12-47-13-22(39)35-18(25(43)36-17)8-14-10-32-16-5-2-1-4-15(14)16/h1-2,4-5,10,17-20,32H,3,6-9,11-13H2,(H,33,42)(H,34,38)(H,35,39)(H,36,43)(H,37,44)(H,40,41)(H,45,46)(H4,29,30,31)/t17-,18+,19-,20-/m0/s1. The third-order valence-corrected chi connectivity index (χ3v) is 7.95. The molecular formula is C28H37N9O9S. The lowest BCUT2D eigenvalue weighted by Gasteiger charge is -2.24. The van der Waals surface area contributed by atoms with E-state index in [1.165, 1.54) is 0 Å². The zero-order valence-electron chi connectivity index (χ0n) is 25.1. The van der Waals surface area contributed by atoms with Gasteiger partial charge in [-0.25, -0.2) is 4.79 Å². The summed E-state index contributed by atoms with van der Waals surface area (Å²) in [7, 11) is 0. The van der Waals surface area contributed by atoms with E-state index in [-0.39, 0.29) is 43.3 Å². The van der Waals surface area contributed by atoms with Crippen molar-refractivity contribution in [3.63, 3.8) is 0 Å². The number of thioether (sulfide) groups is 1. The molecule has 0 bridgehead atoms. The maximum Gasteiger partial charge on any atom is 0.327 e. The highest BCUT2D eigenvalue weighted by Gasteiger charge is 2.31. The monoisotopic (exact) mass is 675 g/mol. The summed E-state index contributed by atoms with van der Waals surface area (Å²) in [5.41, 5.74) is 12.2. The van der Waals surface area contributed by atoms with Crippen molar-refractivity contribution in [2.75, 3.05) is 24.6 Å². The summed E-state index contributed by atoms with van der Waals surface area (Å²) < 4.78 is 0. The maximum atomic E-state index is 13.6. The summed E-state index contributed by atoms with van der Waals surface area (Å²) in [5.74, 6) is -7.87. The highest BCUT2D eigenvalue weighted by atomic mass is 32.2. The Morgan fingerprint density at radius 2 is 1.60 bits per heavy atom. The number of aliphatic imine (C=N–C) groups is 1. The topological polar surface area (TPSA) is 300 Å². The summed E-state index contributed by atoms with van der Waals surface area (Å²) in [6.07, 6.45) is 1.11. The number of nitrogens with zero attached hydrogens (tertiary/aromatic N) is 1. The van der Waals surface area contributed by atoms with Crippen molar-refractivity contribution in [2.24, 2.45) is 16.5 Å². The third kappa shape index (κ3) is 11.5. The molecule has 1 aliphatic rings. The van der Waals surface area contributed by atoms with Crippen LogP contribution in [0.15, 0.2) is 35.5 Å². The number of carboxylic acid groups (broad SMARTS) is 2. The molecule has 0 radical (unpaired) electrons. The Balaban J connectivity index is 1.90. The highest BCUT2D eigenvalue weighted by molar-refractivity contribution is 8.00. The number of amides is 5. The van der Waals surface area contributed by atoms with Crippen LogP contribution in [0.25, 0.3) is 10.9 Å². The van der Waals surface area contributed by atoms with Gasteiger partial charge >= 0.3 is 11.9 Å². The number of rotatable bonds is 9. The van der Waals surface area contributed by atoms with E-state index in [9.17, 15) is 43.8 Å². The molecule has 19 heteroatoms. The quantitative estimate of drug-likeness (QED) is 0.0729. The number of aliphatic carboxylic acids is 2. The fourth-order valence-corrected chi connectivity index (χ4v) is 5.49. The molecule has 47 heavy (non-hydrogen) atoms. The van der Waals surface area contributed by atoms with Gasteiger partial charge in [-0.05, 0) is 24.5 Å². The zero-order chi connectivity index (χ0) is 34.5. The molecule has 1 fully saturated rings. The van der Waals surface area contributed by atoms with Gasteiger partial charge in [0.2, 0.25) is 29.5 Å². The smallest absolute Gasteiger partial charge is 0.327 e. The Morgan fingerprint density at radius 3 is 2.30 bits per heavy atom. The molecule has 5 amide bonds. The third-order valence-electron chi connectivity index (χ3n) is 6.91. The second kappa shape index (κ2) is 17.4. The molecule has 1 saturated heterocycles. The van der Waals surface area contributed by atoms with Crippen LogP contribution in [0, 0.1) is 0 Å². The van der Waals surface area contributed by atoms with Crippen molar-refractivity contribution >= 4 is 70.1 Å². The average molecular weight is 676 g/mol. The minimum absolute atomic E-state index is 0.0236. The Morgan fingerprint density at radius 1 is 0.894 bits per heavy atom. The molecule has 12 N–H and O–H groups in total. The number of guanidine groups is 1. The molecule has 4 atom stereocenters. The Kier molecular flexibility index (Phi) is 13.4. The predicted octanol–water partition coefficient (Wildman–Crippen LogP) is -2.87. The number of nitrogens with two attached hydrogens (primary N) is 2. The fourth-order valence-electron chi connectivity index (χ4n) is 4.65. The molecule has 1 aromatic heterocycles. The normalized spacial score (nSPS) is 22.0. The van der Waals surface area contributed by atoms with Crippen LogP contribution < -0.4 is 38.1 Å². The van der Waals surface area contributed by atoms with Crippen molar-refractivity contribution in [1.29, 1.82) is 0 Å². The average Bonchev–Trinajstić information content (AvgIpc) is 3.41. The summed E-state index contributed by atoms with van der Waals surface area (Å²) in [5, 5.41) is 31.6. The van der Waals surface area contributed by atoms with E-state index >= 15 is 0 Å². The number of para-hydroxylation sites is 1. The van der Waals surface area contributed by atoms with Crippen LogP contribution in [0.3, 0.4) is 0 Å². The van der Waals surface area contributed by atoms with Gasteiger partial charge in [0, 0.05) is 35.8 Å². The number of carbonyl (C=O) groups is 7. The molecule has 1 aromatic carbocycles. The van der Waals surface area contributed by atoms with Crippen molar-refractivity contribution in [3.05, 3.63) is 36.0 Å². The highest BCUT2D eigenvalue weighted by Crippen LogP contribution is 2.19. The predicted molar refractivity (Wildman–Crippen MR) is 170 cm³/mol. The van der Waals surface area contributed by atoms with Gasteiger partial charge in [0.05, 0.1) is 18.7 Å². The van der Waals surface area contributed by atoms with Crippen LogP contribution in [0.5, 0.6) is 0 Å². The zero-order valence-corrected chi connectivity index (χ0v) is 25.9. The molecule has 0 aliphatic carbocycles. The molecule has 0 saturated carbocycles. The molecule has 18 nitrogen and oxygen atoms in total. The van der Waals surface area contributed by atoms with E-state index in [1.807, 2.05) is 24.3 Å². The van der Waals surface area contributed by atoms with Gasteiger partial charge in [0.25, 0.3) is 0 Å². The summed E-state index contributed by atoms with van der Waals surface area (Å²) in [6, 6.07) is 1.71. The lowest BCUT2D eigenvalue weighted by Crippen LogP contribution is -2.57. The maximum absolute atomic E-state index is 13.6. The van der Waals surface area contributed by atoms with Crippen molar-refractivity contribution in [3.8, 4) is 0 Å². The number of aromatic amines is 1. The summed E-state index contributed by atoms with van der Waals surface area (Å²) >= 11 is 0.843. The lowest BCUT2D eigenvalue weighted by molar-refractivity contribution is -0.143. The molecule has 3 rings (SSSR count). The Hall–Kier alpha value is -5.33. The number of carbonyl (C=O) groups excluding carboxylic acids is 5. The minimum atomic E-state index is -1.67. The van der Waals surface area contributed by atoms with Crippen LogP contribution in [-0.2, 0) is 40.0 Å². The van der Waals surface area contributed by atoms with Gasteiger partial charge < -0.3 is 53.2 Å². The van der Waals surface area contributed by atoms with Crippen molar-refractivity contribution in [1.82, 2.24) is 31.6 Å². The first-order valence-electron chi connectivity index (χ1n) is 14.4. The van der Waals surface area contributed by atoms with Crippen molar-refractivity contribution < 1.29 is 43.8 Å². The number of benzene rings is 1. The van der Waals surface area contributed by atoms with Gasteiger partial charge in [-0.1, -0.05) is 18.2 Å². The summed E-state index contributed by atoms with van der Waals surface area (Å²) in [4.78, 5) is 95.4. The van der Waals surface area contributed by atoms with Crippen LogP contribution in [0.1, 0.15) is 24.8 Å². The number of aromatic nitrogens is 1. The van der Waals surface area contributed by atoms with Gasteiger partial charge in [0.15, 0.2) is 5.96 Å². The molecule has 0 unspecified atom stereocenters. The number of carboxylic acids is 2. The molecule has 2 aromatic rings. The van der Waals surface area contributed by atoms with Gasteiger partial charge in [-0.3, -0.25) is 33.8 Å². The minimum Gasteiger partial charge on any atom is -0.481 e. The van der Waals surface area contributed by atoms with Gasteiger partial charge in [-0.15, -0.1) is 11.8 Å². The molecule has 2 heterocycles. The molecular weight excluding hydrogens is 638 g/mol. The summed E-state index contributed by atoms with van der Waals surface area (Å²) in [6.45, 7) is -0.589.